The summed E-state index contributed by atoms with van der Waals surface area (Å²) in [5, 5.41) is 6.79. The number of methoxy groups -OCH3 is 1. The number of rotatable bonds is 11. The molecule has 3 amide bonds. The summed E-state index contributed by atoms with van der Waals surface area (Å²) in [6.45, 7) is 4.43. The number of nitrogens with one attached hydrogen (secondary N) is 3. The maximum absolute atomic E-state index is 14.2. The molecule has 45 heavy (non-hydrogen) atoms. The van der Waals surface area contributed by atoms with Gasteiger partial charge in [0.15, 0.2) is 5.78 Å². The summed E-state index contributed by atoms with van der Waals surface area (Å²) < 4.78 is 11.2. The van der Waals surface area contributed by atoms with E-state index >= 15 is 0 Å². The molecule has 3 aliphatic rings. The minimum absolute atomic E-state index is 0.00617. The monoisotopic (exact) mass is 614 g/mol. The Bertz CT molecular complexity index is 1580. The first kappa shape index (κ1) is 30.8. The van der Waals surface area contributed by atoms with Gasteiger partial charge in [0.25, 0.3) is 5.91 Å². The summed E-state index contributed by atoms with van der Waals surface area (Å²) in [6.07, 6.45) is 3.51. The Kier molecular flexibility index (Phi) is 8.68. The number of ketones is 1. The lowest BCUT2D eigenvalue weighted by atomic mass is 9.89. The molecular formula is C35H42N4O6. The van der Waals surface area contributed by atoms with Gasteiger partial charge in [-0.1, -0.05) is 42.8 Å². The number of hydrogen-bond donors (Lipinski definition) is 3. The lowest BCUT2D eigenvalue weighted by Crippen LogP contribution is -2.53. The largest absolute Gasteiger partial charge is 0.496 e. The highest BCUT2D eigenvalue weighted by Crippen LogP contribution is 2.43. The summed E-state index contributed by atoms with van der Waals surface area (Å²) in [5.74, 6) is -0.576. The fourth-order valence-corrected chi connectivity index (χ4v) is 7.57. The molecule has 6 rings (SSSR count). The van der Waals surface area contributed by atoms with Crippen LogP contribution in [0.3, 0.4) is 0 Å². The SMILES string of the molecule is COc1cccc2[nH]c(C(=O)N3C[C@@H]4CCC[C@@H]4[C@H]3C(=O)N[C@@H](C[C@@H]3CC(C)(C)NC3=O)C(=O)COCc3ccccc3)cc12. The maximum atomic E-state index is 14.2. The van der Waals surface area contributed by atoms with Crippen LogP contribution in [0.2, 0.25) is 0 Å². The molecule has 1 aromatic heterocycles. The molecule has 3 N–H and O–H groups in total. The van der Waals surface area contributed by atoms with Gasteiger partial charge in [-0.15, -0.1) is 0 Å². The van der Waals surface area contributed by atoms with Crippen LogP contribution in [-0.4, -0.2) is 71.3 Å². The van der Waals surface area contributed by atoms with E-state index in [-0.39, 0.29) is 55.0 Å². The van der Waals surface area contributed by atoms with E-state index < -0.39 is 23.5 Å². The van der Waals surface area contributed by atoms with Crippen molar-refractivity contribution in [2.75, 3.05) is 20.3 Å². The summed E-state index contributed by atoms with van der Waals surface area (Å²) in [7, 11) is 1.59. The average molecular weight is 615 g/mol. The third-order valence-electron chi connectivity index (χ3n) is 9.66. The highest BCUT2D eigenvalue weighted by Gasteiger charge is 2.50. The number of ether oxygens (including phenoxy) is 2. The second-order valence-electron chi connectivity index (χ2n) is 13.4. The smallest absolute Gasteiger partial charge is 0.271 e. The number of benzene rings is 2. The maximum Gasteiger partial charge on any atom is 0.271 e. The van der Waals surface area contributed by atoms with Gasteiger partial charge in [-0.05, 0) is 75.1 Å². The molecule has 0 spiro atoms. The topological polar surface area (TPSA) is 130 Å². The molecule has 3 fully saturated rings. The minimum atomic E-state index is -0.923. The highest BCUT2D eigenvalue weighted by molar-refractivity contribution is 6.02. The molecule has 238 valence electrons. The Morgan fingerprint density at radius 1 is 1.09 bits per heavy atom. The molecular weight excluding hydrogens is 572 g/mol. The number of carbonyl (C=O) groups is 4. The fraction of sp³-hybridized carbons (Fsp3) is 0.486. The molecule has 10 heteroatoms. The predicted molar refractivity (Wildman–Crippen MR) is 168 cm³/mol. The first-order valence-corrected chi connectivity index (χ1v) is 15.9. The number of Topliss-reactive ketones (excluding diaryl/α,β-unsaturated/α-hetero) is 1. The molecule has 3 aromatic rings. The van der Waals surface area contributed by atoms with Crippen molar-refractivity contribution < 1.29 is 28.7 Å². The number of hydrogen-bond acceptors (Lipinski definition) is 6. The number of fused-ring (bicyclic) bond motifs is 2. The lowest BCUT2D eigenvalue weighted by Gasteiger charge is -2.29. The summed E-state index contributed by atoms with van der Waals surface area (Å²) in [5.41, 5.74) is 1.71. The van der Waals surface area contributed by atoms with Crippen molar-refractivity contribution in [2.24, 2.45) is 17.8 Å². The molecule has 0 radical (unpaired) electrons. The molecule has 0 bridgehead atoms. The van der Waals surface area contributed by atoms with Crippen molar-refractivity contribution in [3.63, 3.8) is 0 Å². The van der Waals surface area contributed by atoms with Crippen molar-refractivity contribution in [3.8, 4) is 5.75 Å². The van der Waals surface area contributed by atoms with Crippen molar-refractivity contribution in [2.45, 2.75) is 70.2 Å². The molecule has 2 saturated heterocycles. The molecule has 3 heterocycles. The Morgan fingerprint density at radius 2 is 1.89 bits per heavy atom. The molecule has 1 saturated carbocycles. The summed E-state index contributed by atoms with van der Waals surface area (Å²) in [6, 6.07) is 15.3. The van der Waals surface area contributed by atoms with Gasteiger partial charge >= 0.3 is 0 Å². The van der Waals surface area contributed by atoms with Crippen LogP contribution in [0, 0.1) is 17.8 Å². The van der Waals surface area contributed by atoms with Crippen LogP contribution in [0.5, 0.6) is 5.75 Å². The van der Waals surface area contributed by atoms with Gasteiger partial charge in [-0.2, -0.15) is 0 Å². The zero-order valence-electron chi connectivity index (χ0n) is 26.1. The number of aromatic nitrogens is 1. The van der Waals surface area contributed by atoms with Gasteiger partial charge in [0, 0.05) is 28.9 Å². The van der Waals surface area contributed by atoms with E-state index in [4.69, 9.17) is 9.47 Å². The number of nitrogens with zero attached hydrogens (tertiary/aromatic N) is 1. The molecule has 2 aromatic carbocycles. The molecule has 0 unspecified atom stereocenters. The van der Waals surface area contributed by atoms with Crippen LogP contribution >= 0.6 is 0 Å². The van der Waals surface area contributed by atoms with Crippen LogP contribution in [0.4, 0.5) is 0 Å². The van der Waals surface area contributed by atoms with E-state index in [0.29, 0.717) is 24.4 Å². The quantitative estimate of drug-likeness (QED) is 0.300. The average Bonchev–Trinajstić information content (AvgIpc) is 3.78. The number of amides is 3. The number of likely N-dealkylation sites (tertiary alicyclic amines) is 1. The fourth-order valence-electron chi connectivity index (χ4n) is 7.57. The van der Waals surface area contributed by atoms with Crippen molar-refractivity contribution in [3.05, 3.63) is 65.9 Å². The first-order chi connectivity index (χ1) is 21.6. The number of H-pyrrole nitrogens is 1. The Hall–Kier alpha value is -4.18. The van der Waals surface area contributed by atoms with Crippen molar-refractivity contribution in [1.29, 1.82) is 0 Å². The van der Waals surface area contributed by atoms with Gasteiger partial charge in [0.1, 0.15) is 24.1 Å². The summed E-state index contributed by atoms with van der Waals surface area (Å²) >= 11 is 0. The van der Waals surface area contributed by atoms with Crippen LogP contribution in [-0.2, 0) is 25.7 Å². The van der Waals surface area contributed by atoms with Crippen molar-refractivity contribution >= 4 is 34.4 Å². The van der Waals surface area contributed by atoms with Crippen LogP contribution in [0.1, 0.15) is 62.0 Å². The molecule has 1 aliphatic carbocycles. The Morgan fingerprint density at radius 3 is 2.62 bits per heavy atom. The lowest BCUT2D eigenvalue weighted by molar-refractivity contribution is -0.134. The zero-order chi connectivity index (χ0) is 31.7. The van der Waals surface area contributed by atoms with Gasteiger partial charge < -0.3 is 30.0 Å². The molecule has 10 nitrogen and oxygen atoms in total. The second kappa shape index (κ2) is 12.7. The first-order valence-electron chi connectivity index (χ1n) is 15.9. The highest BCUT2D eigenvalue weighted by atomic mass is 16.5. The van der Waals surface area contributed by atoms with Gasteiger partial charge in [-0.3, -0.25) is 19.2 Å². The van der Waals surface area contributed by atoms with Gasteiger partial charge in [0.05, 0.1) is 19.8 Å². The van der Waals surface area contributed by atoms with Gasteiger partial charge in [-0.25, -0.2) is 0 Å². The van der Waals surface area contributed by atoms with Gasteiger partial charge in [0.2, 0.25) is 11.8 Å². The van der Waals surface area contributed by atoms with Crippen LogP contribution in [0.15, 0.2) is 54.6 Å². The number of aromatic amines is 1. The van der Waals surface area contributed by atoms with Crippen LogP contribution < -0.4 is 15.4 Å². The molecule has 2 aliphatic heterocycles. The Labute approximate surface area is 263 Å². The van der Waals surface area contributed by atoms with Crippen LogP contribution in [0.25, 0.3) is 10.9 Å². The van der Waals surface area contributed by atoms with E-state index in [1.54, 1.807) is 18.1 Å². The summed E-state index contributed by atoms with van der Waals surface area (Å²) in [4.78, 5) is 59.5. The van der Waals surface area contributed by atoms with E-state index in [1.165, 1.54) is 0 Å². The standard InChI is InChI=1S/C35H42N4O6/c1-35(2)17-23(32(41)38-35)15-27(29(40)20-45-19-21-9-5-4-6-10-21)37-33(42)31-24-12-7-11-22(24)18-39(31)34(43)28-16-25-26(36-28)13-8-14-30(25)44-3/h4-6,8-10,13-14,16,22-24,27,31,36H,7,11-12,15,17-20H2,1-3H3,(H,37,42)(H,38,41)/t22-,23+,24-,27-,31-/m0/s1. The third kappa shape index (κ3) is 6.47. The minimum Gasteiger partial charge on any atom is -0.496 e. The number of carbonyl (C=O) groups excluding carboxylic acids is 4. The normalized spacial score (nSPS) is 24.3. The second-order valence-corrected chi connectivity index (χ2v) is 13.4. The van der Waals surface area contributed by atoms with Crippen molar-refractivity contribution in [1.82, 2.24) is 20.5 Å². The zero-order valence-corrected chi connectivity index (χ0v) is 26.1. The third-order valence-corrected chi connectivity index (χ3v) is 9.66. The van der Waals surface area contributed by atoms with E-state index in [0.717, 1.165) is 35.7 Å². The molecule has 5 atom stereocenters. The van der Waals surface area contributed by atoms with E-state index in [1.807, 2.05) is 62.4 Å². The van der Waals surface area contributed by atoms with E-state index in [2.05, 4.69) is 15.6 Å². The predicted octanol–water partition coefficient (Wildman–Crippen LogP) is 3.99. The Balaban J connectivity index is 1.22. The van der Waals surface area contributed by atoms with E-state index in [9.17, 15) is 19.2 Å².